The zero-order chi connectivity index (χ0) is 46.2. The van der Waals surface area contributed by atoms with E-state index in [-0.39, 0.29) is 25.8 Å². The van der Waals surface area contributed by atoms with E-state index >= 15 is 0 Å². The largest absolute Gasteiger partial charge is 0.472 e. The summed E-state index contributed by atoms with van der Waals surface area (Å²) in [5.41, 5.74) is 0. The molecule has 0 bridgehead atoms. The van der Waals surface area contributed by atoms with Crippen LogP contribution < -0.4 is 0 Å². The average molecular weight is 907 g/mol. The number of carbonyl (C=O) groups is 1. The summed E-state index contributed by atoms with van der Waals surface area (Å²) >= 11 is 0. The molecule has 9 heteroatoms. The zero-order valence-electron chi connectivity index (χ0n) is 41.8. The van der Waals surface area contributed by atoms with E-state index < -0.39 is 13.9 Å². The van der Waals surface area contributed by atoms with Crippen LogP contribution in [0.2, 0.25) is 0 Å². The second-order valence-electron chi connectivity index (χ2n) is 18.5. The summed E-state index contributed by atoms with van der Waals surface area (Å²) in [6.45, 7) is 5.57. The molecule has 0 rings (SSSR count). The first-order valence-electron chi connectivity index (χ1n) is 26.0. The summed E-state index contributed by atoms with van der Waals surface area (Å²) < 4.78 is 35.1. The smallest absolute Gasteiger partial charge is 0.457 e. The SMILES string of the molecule is CCCCC/C=C\C/C=C\CCCCCCCC(=O)OC(COCCCCCCCCCCCCC/C=C\C/C=C\C/C=C\CCCCCCC)COP(=O)(O)OCC[N+](C)(C)C. The molecular weight excluding hydrogens is 806 g/mol. The molecule has 0 heterocycles. The summed E-state index contributed by atoms with van der Waals surface area (Å²) in [4.78, 5) is 23.0. The van der Waals surface area contributed by atoms with Crippen molar-refractivity contribution in [1.29, 1.82) is 0 Å². The number of ether oxygens (including phenoxy) is 2. The van der Waals surface area contributed by atoms with Crippen LogP contribution in [0.15, 0.2) is 60.8 Å². The highest BCUT2D eigenvalue weighted by Crippen LogP contribution is 2.43. The molecule has 0 aromatic rings. The number of nitrogens with zero attached hydrogens (tertiary/aromatic N) is 1. The Morgan fingerprint density at radius 1 is 0.492 bits per heavy atom. The van der Waals surface area contributed by atoms with Gasteiger partial charge in [0, 0.05) is 13.0 Å². The van der Waals surface area contributed by atoms with Crippen molar-refractivity contribution >= 4 is 13.8 Å². The summed E-state index contributed by atoms with van der Waals surface area (Å²) in [5, 5.41) is 0. The number of quaternary nitrogens is 1. The zero-order valence-corrected chi connectivity index (χ0v) is 42.7. The third-order valence-electron chi connectivity index (χ3n) is 11.1. The Kier molecular flexibility index (Phi) is 45.4. The Morgan fingerprint density at radius 2 is 0.873 bits per heavy atom. The lowest BCUT2D eigenvalue weighted by Crippen LogP contribution is -2.37. The molecular formula is C54H101NO7P+. The van der Waals surface area contributed by atoms with Crippen LogP contribution in [-0.2, 0) is 27.9 Å². The summed E-state index contributed by atoms with van der Waals surface area (Å²) in [6, 6.07) is 0. The van der Waals surface area contributed by atoms with Gasteiger partial charge in [0.1, 0.15) is 19.3 Å². The van der Waals surface area contributed by atoms with Gasteiger partial charge in [-0.15, -0.1) is 0 Å². The molecule has 2 atom stereocenters. The minimum absolute atomic E-state index is 0.0832. The fraction of sp³-hybridized carbons (Fsp3) is 0.796. The van der Waals surface area contributed by atoms with Gasteiger partial charge in [0.15, 0.2) is 0 Å². The molecule has 0 spiro atoms. The number of esters is 1. The molecule has 368 valence electrons. The number of carbonyl (C=O) groups excluding carboxylic acids is 1. The fourth-order valence-corrected chi connectivity index (χ4v) is 7.74. The monoisotopic (exact) mass is 907 g/mol. The van der Waals surface area contributed by atoms with Gasteiger partial charge in [0.05, 0.1) is 34.4 Å². The summed E-state index contributed by atoms with van der Waals surface area (Å²) in [5.74, 6) is -0.329. The van der Waals surface area contributed by atoms with Gasteiger partial charge in [0.25, 0.3) is 0 Å². The molecule has 1 N–H and O–H groups in total. The van der Waals surface area contributed by atoms with Crippen molar-refractivity contribution in [2.45, 2.75) is 225 Å². The lowest BCUT2D eigenvalue weighted by Gasteiger charge is -2.24. The van der Waals surface area contributed by atoms with Crippen LogP contribution in [0.1, 0.15) is 219 Å². The molecule has 0 amide bonds. The predicted octanol–water partition coefficient (Wildman–Crippen LogP) is 16.1. The lowest BCUT2D eigenvalue weighted by atomic mass is 10.1. The Labute approximate surface area is 390 Å². The van der Waals surface area contributed by atoms with Gasteiger partial charge >= 0.3 is 13.8 Å². The molecule has 2 unspecified atom stereocenters. The molecule has 0 fully saturated rings. The van der Waals surface area contributed by atoms with Gasteiger partial charge < -0.3 is 18.9 Å². The topological polar surface area (TPSA) is 91.3 Å². The number of rotatable bonds is 48. The minimum Gasteiger partial charge on any atom is -0.457 e. The van der Waals surface area contributed by atoms with Crippen molar-refractivity contribution in [1.82, 2.24) is 0 Å². The average Bonchev–Trinajstić information content (AvgIpc) is 3.24. The van der Waals surface area contributed by atoms with Gasteiger partial charge in [0.2, 0.25) is 0 Å². The van der Waals surface area contributed by atoms with Crippen molar-refractivity contribution < 1.29 is 37.3 Å². The van der Waals surface area contributed by atoms with E-state index in [1.807, 2.05) is 21.1 Å². The van der Waals surface area contributed by atoms with Crippen molar-refractivity contribution in [2.24, 2.45) is 0 Å². The first kappa shape index (κ1) is 61.2. The predicted molar refractivity (Wildman–Crippen MR) is 270 cm³/mol. The number of unbranched alkanes of at least 4 members (excludes halogenated alkanes) is 24. The maximum atomic E-state index is 12.7. The van der Waals surface area contributed by atoms with Crippen molar-refractivity contribution in [3.8, 4) is 0 Å². The van der Waals surface area contributed by atoms with Gasteiger partial charge in [-0.2, -0.15) is 0 Å². The van der Waals surface area contributed by atoms with Crippen LogP contribution in [0, 0.1) is 0 Å². The van der Waals surface area contributed by atoms with E-state index in [4.69, 9.17) is 18.5 Å². The molecule has 0 aliphatic carbocycles. The quantitative estimate of drug-likeness (QED) is 0.0214. The Hall–Kier alpha value is -1.80. The van der Waals surface area contributed by atoms with Gasteiger partial charge in [-0.05, 0) is 83.5 Å². The normalized spacial score (nSPS) is 14.1. The standard InChI is InChI=1S/C54H100NO7P/c1-6-8-10-12-14-16-18-20-22-23-24-25-26-27-28-29-30-31-32-34-36-38-40-42-44-46-49-59-51-53(52-61-63(57,58)60-50-48-55(3,4)5)62-54(56)47-45-43-41-39-37-35-33-21-19-17-15-13-11-9-7-2/h15,17-18,20-21,23-24,26-27,33,53H,6-14,16,19,22,25,28-32,34-52H2,1-5H3/p+1/b17-15-,20-18-,24-23-,27-26-,33-21-. The van der Waals surface area contributed by atoms with Gasteiger partial charge in [-0.3, -0.25) is 13.8 Å². The molecule has 8 nitrogen and oxygen atoms in total. The number of allylic oxidation sites excluding steroid dienone is 10. The van der Waals surface area contributed by atoms with E-state index in [0.29, 0.717) is 24.1 Å². The second kappa shape index (κ2) is 46.7. The first-order valence-corrected chi connectivity index (χ1v) is 27.5. The third-order valence-corrected chi connectivity index (χ3v) is 12.0. The summed E-state index contributed by atoms with van der Waals surface area (Å²) in [6.07, 6.45) is 59.8. The van der Waals surface area contributed by atoms with Crippen LogP contribution in [0.4, 0.5) is 0 Å². The maximum absolute atomic E-state index is 12.7. The molecule has 0 radical (unpaired) electrons. The molecule has 0 aliphatic heterocycles. The van der Waals surface area contributed by atoms with Crippen LogP contribution >= 0.6 is 7.82 Å². The fourth-order valence-electron chi connectivity index (χ4n) is 7.00. The third kappa shape index (κ3) is 51.1. The van der Waals surface area contributed by atoms with E-state index in [2.05, 4.69) is 74.6 Å². The number of hydrogen-bond donors (Lipinski definition) is 1. The Morgan fingerprint density at radius 3 is 1.33 bits per heavy atom. The van der Waals surface area contributed by atoms with Crippen molar-refractivity contribution in [3.05, 3.63) is 60.8 Å². The number of hydrogen-bond acceptors (Lipinski definition) is 6. The molecule has 0 aromatic heterocycles. The highest BCUT2D eigenvalue weighted by atomic mass is 31.2. The maximum Gasteiger partial charge on any atom is 0.472 e. The van der Waals surface area contributed by atoms with Crippen LogP contribution in [0.25, 0.3) is 0 Å². The number of likely N-dealkylation sites (N-methyl/N-ethyl adjacent to an activating group) is 1. The van der Waals surface area contributed by atoms with E-state index in [9.17, 15) is 14.3 Å². The summed E-state index contributed by atoms with van der Waals surface area (Å²) in [7, 11) is 1.65. The highest BCUT2D eigenvalue weighted by molar-refractivity contribution is 7.47. The molecule has 0 aromatic carbocycles. The van der Waals surface area contributed by atoms with E-state index in [1.165, 1.54) is 128 Å². The minimum atomic E-state index is -4.29. The van der Waals surface area contributed by atoms with Crippen molar-refractivity contribution in [2.75, 3.05) is 54.1 Å². The van der Waals surface area contributed by atoms with Crippen LogP contribution in [0.3, 0.4) is 0 Å². The first-order chi connectivity index (χ1) is 30.6. The number of phosphoric acid groups is 1. The second-order valence-corrected chi connectivity index (χ2v) is 20.0. The van der Waals surface area contributed by atoms with E-state index in [1.54, 1.807) is 0 Å². The number of phosphoric ester groups is 1. The molecule has 63 heavy (non-hydrogen) atoms. The van der Waals surface area contributed by atoms with Gasteiger partial charge in [-0.1, -0.05) is 190 Å². The van der Waals surface area contributed by atoms with Crippen molar-refractivity contribution in [3.63, 3.8) is 0 Å². The molecule has 0 saturated carbocycles. The Balaban J connectivity index is 4.11. The van der Waals surface area contributed by atoms with Crippen LogP contribution in [0.5, 0.6) is 0 Å². The molecule has 0 saturated heterocycles. The lowest BCUT2D eigenvalue weighted by molar-refractivity contribution is -0.870. The van der Waals surface area contributed by atoms with Crippen LogP contribution in [-0.4, -0.2) is 75.6 Å². The van der Waals surface area contributed by atoms with Gasteiger partial charge in [-0.25, -0.2) is 4.57 Å². The Bertz CT molecular complexity index is 1190. The van der Waals surface area contributed by atoms with E-state index in [0.717, 1.165) is 70.6 Å². The molecule has 0 aliphatic rings. The highest BCUT2D eigenvalue weighted by Gasteiger charge is 2.26.